The summed E-state index contributed by atoms with van der Waals surface area (Å²) in [4.78, 5) is 13.9. The molecule has 0 amide bonds. The Bertz CT molecular complexity index is 852. The molecule has 3 rings (SSSR count). The number of benzene rings is 1. The van der Waals surface area contributed by atoms with Gasteiger partial charge in [-0.3, -0.25) is 0 Å². The predicted octanol–water partition coefficient (Wildman–Crippen LogP) is 1.74. The highest BCUT2D eigenvalue weighted by Gasteiger charge is 2.30. The van der Waals surface area contributed by atoms with E-state index in [9.17, 15) is 13.2 Å². The molecule has 0 N–H and O–H groups in total. The van der Waals surface area contributed by atoms with Gasteiger partial charge in [-0.15, -0.1) is 4.40 Å². The minimum absolute atomic E-state index is 0.0665. The number of hydrogen-bond donors (Lipinski definition) is 0. The number of amidine groups is 1. The van der Waals surface area contributed by atoms with Crippen LogP contribution in [0.25, 0.3) is 6.08 Å². The van der Waals surface area contributed by atoms with Crippen LogP contribution in [0.1, 0.15) is 5.56 Å². The van der Waals surface area contributed by atoms with Crippen molar-refractivity contribution in [1.29, 1.82) is 0 Å². The van der Waals surface area contributed by atoms with Gasteiger partial charge in [-0.1, -0.05) is 36.4 Å². The minimum Gasteiger partial charge on any atom is -0.458 e. The minimum atomic E-state index is -3.53. The lowest BCUT2D eigenvalue weighted by Gasteiger charge is -2.28. The summed E-state index contributed by atoms with van der Waals surface area (Å²) >= 11 is 0. The first-order valence-corrected chi connectivity index (χ1v) is 9.03. The molecule has 2 aliphatic rings. The summed E-state index contributed by atoms with van der Waals surface area (Å²) < 4.78 is 32.2. The van der Waals surface area contributed by atoms with Gasteiger partial charge in [0, 0.05) is 12.7 Å². The topological polar surface area (TPSA) is 76.0 Å². The Hall–Kier alpha value is -2.67. The molecule has 6 nitrogen and oxygen atoms in total. The van der Waals surface area contributed by atoms with E-state index in [0.29, 0.717) is 0 Å². The zero-order valence-corrected chi connectivity index (χ0v) is 13.6. The average Bonchev–Trinajstić information content (AvgIpc) is 2.58. The van der Waals surface area contributed by atoms with Gasteiger partial charge in [0.1, 0.15) is 12.2 Å². The Kier molecular flexibility index (Phi) is 4.61. The van der Waals surface area contributed by atoms with Crippen molar-refractivity contribution in [2.75, 3.05) is 18.9 Å². The molecule has 0 spiro atoms. The van der Waals surface area contributed by atoms with Gasteiger partial charge in [0.15, 0.2) is 5.84 Å². The molecule has 1 aromatic carbocycles. The van der Waals surface area contributed by atoms with Crippen molar-refractivity contribution in [2.24, 2.45) is 4.40 Å². The lowest BCUT2D eigenvalue weighted by Crippen LogP contribution is -2.40. The number of esters is 1. The molecular weight excluding hydrogens is 328 g/mol. The maximum atomic E-state index is 12.2. The molecule has 2 heterocycles. The highest BCUT2D eigenvalue weighted by Crippen LogP contribution is 2.18. The van der Waals surface area contributed by atoms with Crippen LogP contribution in [0, 0.1) is 0 Å². The first kappa shape index (κ1) is 16.2. The third-order valence-corrected chi connectivity index (χ3v) is 4.65. The number of allylic oxidation sites excluding steroid dienone is 2. The fourth-order valence-corrected chi connectivity index (χ4v) is 3.31. The van der Waals surface area contributed by atoms with Gasteiger partial charge < -0.3 is 9.64 Å². The summed E-state index contributed by atoms with van der Waals surface area (Å²) in [5, 5.41) is 0. The van der Waals surface area contributed by atoms with E-state index < -0.39 is 16.0 Å². The smallest absolute Gasteiger partial charge is 0.342 e. The van der Waals surface area contributed by atoms with Gasteiger partial charge in [-0.25, -0.2) is 13.2 Å². The molecule has 0 saturated heterocycles. The summed E-state index contributed by atoms with van der Waals surface area (Å²) in [7, 11) is -3.53. The largest absolute Gasteiger partial charge is 0.458 e. The molecule has 1 aromatic rings. The molecular formula is C17H16N2O4S. The molecule has 0 atom stereocenters. The highest BCUT2D eigenvalue weighted by atomic mass is 32.2. The number of carbonyl (C=O) groups excluding carboxylic acids is 1. The Balaban J connectivity index is 1.66. The van der Waals surface area contributed by atoms with Crippen molar-refractivity contribution in [2.45, 2.75) is 0 Å². The fraction of sp³-hybridized carbons (Fsp3) is 0.176. The summed E-state index contributed by atoms with van der Waals surface area (Å²) in [6.07, 6.45) is 8.45. The summed E-state index contributed by atoms with van der Waals surface area (Å²) in [6, 6.07) is 9.63. The molecule has 0 fully saturated rings. The van der Waals surface area contributed by atoms with E-state index in [-0.39, 0.29) is 30.3 Å². The van der Waals surface area contributed by atoms with E-state index in [0.717, 1.165) is 5.56 Å². The van der Waals surface area contributed by atoms with Gasteiger partial charge in [0.25, 0.3) is 10.0 Å². The maximum absolute atomic E-state index is 12.2. The lowest BCUT2D eigenvalue weighted by molar-refractivity contribution is -0.137. The van der Waals surface area contributed by atoms with Crippen LogP contribution < -0.4 is 0 Å². The van der Waals surface area contributed by atoms with Crippen LogP contribution in [0.5, 0.6) is 0 Å². The molecule has 124 valence electrons. The van der Waals surface area contributed by atoms with Crippen LogP contribution >= 0.6 is 0 Å². The second-order valence-corrected chi connectivity index (χ2v) is 6.98. The Morgan fingerprint density at radius 1 is 1.29 bits per heavy atom. The molecule has 0 aromatic heterocycles. The van der Waals surface area contributed by atoms with Crippen molar-refractivity contribution in [3.05, 3.63) is 65.9 Å². The molecule has 0 aliphatic carbocycles. The molecule has 0 bridgehead atoms. The summed E-state index contributed by atoms with van der Waals surface area (Å²) in [6.45, 7) is 0.366. The van der Waals surface area contributed by atoms with E-state index >= 15 is 0 Å². The molecule has 2 aliphatic heterocycles. The summed E-state index contributed by atoms with van der Waals surface area (Å²) in [5.41, 5.74) is 1.15. The van der Waals surface area contributed by atoms with Crippen LogP contribution in [0.3, 0.4) is 0 Å². The second-order valence-electron chi connectivity index (χ2n) is 5.23. The SMILES string of the molecule is O=C(OCC=Cc1ccccc1)C1=CC=CN2CCS(=O)(=O)N=C12. The van der Waals surface area contributed by atoms with E-state index in [1.807, 2.05) is 36.4 Å². The van der Waals surface area contributed by atoms with Gasteiger partial charge >= 0.3 is 5.97 Å². The zero-order valence-electron chi connectivity index (χ0n) is 12.8. The van der Waals surface area contributed by atoms with Gasteiger partial charge in [-0.2, -0.15) is 0 Å². The van der Waals surface area contributed by atoms with Crippen LogP contribution in [0.4, 0.5) is 0 Å². The molecule has 0 radical (unpaired) electrons. The third-order valence-electron chi connectivity index (χ3n) is 3.50. The average molecular weight is 344 g/mol. The first-order chi connectivity index (χ1) is 11.6. The summed E-state index contributed by atoms with van der Waals surface area (Å²) in [5.74, 6) is -0.540. The van der Waals surface area contributed by atoms with Crippen LogP contribution in [0.15, 0.2) is 64.7 Å². The van der Waals surface area contributed by atoms with E-state index in [1.165, 1.54) is 6.08 Å². The first-order valence-electron chi connectivity index (χ1n) is 7.42. The van der Waals surface area contributed by atoms with Crippen molar-refractivity contribution in [3.8, 4) is 0 Å². The molecule has 24 heavy (non-hydrogen) atoms. The predicted molar refractivity (Wildman–Crippen MR) is 91.6 cm³/mol. The van der Waals surface area contributed by atoms with Crippen molar-refractivity contribution in [3.63, 3.8) is 0 Å². The number of nitrogens with zero attached hydrogens (tertiary/aromatic N) is 2. The normalized spacial score (nSPS) is 18.8. The Labute approximate surface area is 140 Å². The van der Waals surface area contributed by atoms with Crippen LogP contribution in [-0.4, -0.2) is 44.0 Å². The van der Waals surface area contributed by atoms with Crippen LogP contribution in [-0.2, 0) is 19.6 Å². The van der Waals surface area contributed by atoms with E-state index in [4.69, 9.17) is 4.74 Å². The number of rotatable bonds is 4. The monoisotopic (exact) mass is 344 g/mol. The van der Waals surface area contributed by atoms with Crippen molar-refractivity contribution >= 4 is 27.9 Å². The Morgan fingerprint density at radius 2 is 2.08 bits per heavy atom. The molecule has 0 saturated carbocycles. The highest BCUT2D eigenvalue weighted by molar-refractivity contribution is 7.90. The number of sulfonamides is 1. The van der Waals surface area contributed by atoms with Crippen molar-refractivity contribution < 1.29 is 17.9 Å². The standard InChI is InChI=1S/C17H16N2O4S/c20-17(23-12-5-8-14-6-2-1-3-7-14)15-9-4-10-19-11-13-24(21,22)18-16(15)19/h1-10H,11-13H2. The number of fused-ring (bicyclic) bond motifs is 1. The van der Waals surface area contributed by atoms with Crippen molar-refractivity contribution in [1.82, 2.24) is 4.90 Å². The van der Waals surface area contributed by atoms with Gasteiger partial charge in [0.05, 0.1) is 5.75 Å². The molecule has 0 unspecified atom stereocenters. The quantitative estimate of drug-likeness (QED) is 0.778. The van der Waals surface area contributed by atoms with Crippen LogP contribution in [0.2, 0.25) is 0 Å². The van der Waals surface area contributed by atoms with E-state index in [1.54, 1.807) is 23.3 Å². The maximum Gasteiger partial charge on any atom is 0.342 e. The van der Waals surface area contributed by atoms with E-state index in [2.05, 4.69) is 4.40 Å². The Morgan fingerprint density at radius 3 is 2.88 bits per heavy atom. The molecule has 7 heteroatoms. The zero-order chi connectivity index (χ0) is 17.0. The number of carbonyl (C=O) groups is 1. The number of ether oxygens (including phenoxy) is 1. The third kappa shape index (κ3) is 3.80. The second kappa shape index (κ2) is 6.84. The van der Waals surface area contributed by atoms with Gasteiger partial charge in [0.2, 0.25) is 0 Å². The fourth-order valence-electron chi connectivity index (χ4n) is 2.33. The number of hydrogen-bond acceptors (Lipinski definition) is 5. The lowest BCUT2D eigenvalue weighted by atomic mass is 10.1. The van der Waals surface area contributed by atoms with Gasteiger partial charge in [-0.05, 0) is 23.8 Å².